The molecular formula is C23H22N4O2. The summed E-state index contributed by atoms with van der Waals surface area (Å²) in [6.07, 6.45) is 5.89. The lowest BCUT2D eigenvalue weighted by Gasteiger charge is -2.27. The molecule has 1 spiro atoms. The Hall–Kier alpha value is -2.99. The van der Waals surface area contributed by atoms with Gasteiger partial charge in [0.25, 0.3) is 0 Å². The molecule has 1 unspecified atom stereocenters. The van der Waals surface area contributed by atoms with Gasteiger partial charge in [0.15, 0.2) is 0 Å². The second-order valence-corrected chi connectivity index (χ2v) is 8.39. The molecule has 0 radical (unpaired) electrons. The van der Waals surface area contributed by atoms with Crippen LogP contribution in [0.25, 0.3) is 5.69 Å². The van der Waals surface area contributed by atoms with Crippen molar-refractivity contribution in [1.82, 2.24) is 19.7 Å². The van der Waals surface area contributed by atoms with Gasteiger partial charge in [0.05, 0.1) is 24.3 Å². The van der Waals surface area contributed by atoms with Crippen LogP contribution in [0.15, 0.2) is 61.2 Å². The van der Waals surface area contributed by atoms with Gasteiger partial charge in [-0.1, -0.05) is 36.4 Å². The van der Waals surface area contributed by atoms with Gasteiger partial charge in [-0.15, -0.1) is 0 Å². The Morgan fingerprint density at radius 3 is 2.62 bits per heavy atom. The number of hydrogen-bond donors (Lipinski definition) is 0. The van der Waals surface area contributed by atoms with Gasteiger partial charge in [-0.05, 0) is 48.1 Å². The van der Waals surface area contributed by atoms with Crippen molar-refractivity contribution in [3.8, 4) is 5.69 Å². The predicted octanol–water partition coefficient (Wildman–Crippen LogP) is 2.96. The van der Waals surface area contributed by atoms with Crippen molar-refractivity contribution in [1.29, 1.82) is 0 Å². The van der Waals surface area contributed by atoms with Gasteiger partial charge in [-0.2, -0.15) is 5.10 Å². The molecule has 29 heavy (non-hydrogen) atoms. The second kappa shape index (κ2) is 6.00. The SMILES string of the molecule is O=C(N1CCC2(C1)OCc1ccccc12)C1(c2ccc(-n3cncn3)cc2)CC1. The summed E-state index contributed by atoms with van der Waals surface area (Å²) in [6.45, 7) is 2.06. The molecule has 0 bridgehead atoms. The van der Waals surface area contributed by atoms with Crippen molar-refractivity contribution < 1.29 is 9.53 Å². The molecule has 1 aliphatic carbocycles. The van der Waals surface area contributed by atoms with E-state index in [1.165, 1.54) is 17.5 Å². The van der Waals surface area contributed by atoms with Crippen molar-refractivity contribution in [2.45, 2.75) is 36.9 Å². The lowest BCUT2D eigenvalue weighted by atomic mass is 9.91. The third-order valence-electron chi connectivity index (χ3n) is 6.79. The van der Waals surface area contributed by atoms with E-state index in [9.17, 15) is 4.79 Å². The van der Waals surface area contributed by atoms with E-state index in [0.717, 1.165) is 37.1 Å². The largest absolute Gasteiger partial charge is 0.364 e. The smallest absolute Gasteiger partial charge is 0.233 e. The molecule has 3 aliphatic rings. The number of benzene rings is 2. The van der Waals surface area contributed by atoms with Crippen LogP contribution >= 0.6 is 0 Å². The normalized spacial score (nSPS) is 24.1. The number of amides is 1. The zero-order valence-corrected chi connectivity index (χ0v) is 16.1. The van der Waals surface area contributed by atoms with Crippen molar-refractivity contribution in [3.63, 3.8) is 0 Å². The summed E-state index contributed by atoms with van der Waals surface area (Å²) < 4.78 is 7.97. The van der Waals surface area contributed by atoms with Crippen LogP contribution in [0.4, 0.5) is 0 Å². The molecule has 2 aromatic carbocycles. The quantitative estimate of drug-likeness (QED) is 0.694. The summed E-state index contributed by atoms with van der Waals surface area (Å²) in [5.74, 6) is 0.246. The molecule has 6 rings (SSSR count). The highest BCUT2D eigenvalue weighted by atomic mass is 16.5. The fourth-order valence-corrected chi connectivity index (χ4v) is 5.01. The molecule has 1 aromatic heterocycles. The van der Waals surface area contributed by atoms with Gasteiger partial charge >= 0.3 is 0 Å². The first-order chi connectivity index (χ1) is 14.2. The average molecular weight is 386 g/mol. The van der Waals surface area contributed by atoms with Crippen molar-refractivity contribution >= 4 is 5.91 Å². The molecule has 2 aliphatic heterocycles. The molecule has 2 fully saturated rings. The minimum absolute atomic E-state index is 0.246. The lowest BCUT2D eigenvalue weighted by Crippen LogP contribution is -2.40. The number of likely N-dealkylation sites (tertiary alicyclic amines) is 1. The Morgan fingerprint density at radius 1 is 1.03 bits per heavy atom. The topological polar surface area (TPSA) is 60.2 Å². The Balaban J connectivity index is 1.24. The number of aromatic nitrogens is 3. The van der Waals surface area contributed by atoms with Gasteiger partial charge in [-0.25, -0.2) is 9.67 Å². The van der Waals surface area contributed by atoms with Gasteiger partial charge in [0.2, 0.25) is 5.91 Å². The van der Waals surface area contributed by atoms with Crippen LogP contribution in [-0.2, 0) is 27.2 Å². The first-order valence-corrected chi connectivity index (χ1v) is 10.2. The summed E-state index contributed by atoms with van der Waals surface area (Å²) in [5, 5.41) is 4.17. The molecule has 3 heterocycles. The molecule has 6 nitrogen and oxygen atoms in total. The monoisotopic (exact) mass is 386 g/mol. The number of ether oxygens (including phenoxy) is 1. The first kappa shape index (κ1) is 16.9. The van der Waals surface area contributed by atoms with Gasteiger partial charge in [0.1, 0.15) is 18.3 Å². The third kappa shape index (κ3) is 2.48. The van der Waals surface area contributed by atoms with E-state index in [0.29, 0.717) is 13.2 Å². The van der Waals surface area contributed by atoms with E-state index in [2.05, 4.69) is 46.5 Å². The highest BCUT2D eigenvalue weighted by molar-refractivity contribution is 5.91. The summed E-state index contributed by atoms with van der Waals surface area (Å²) in [6, 6.07) is 16.6. The molecule has 1 saturated heterocycles. The molecule has 0 N–H and O–H groups in total. The Labute approximate surface area is 169 Å². The third-order valence-corrected chi connectivity index (χ3v) is 6.79. The first-order valence-electron chi connectivity index (χ1n) is 10.2. The molecule has 6 heteroatoms. The van der Waals surface area contributed by atoms with Crippen molar-refractivity contribution in [3.05, 3.63) is 77.9 Å². The molecule has 1 saturated carbocycles. The van der Waals surface area contributed by atoms with Crippen molar-refractivity contribution in [2.75, 3.05) is 13.1 Å². The summed E-state index contributed by atoms with van der Waals surface area (Å²) in [7, 11) is 0. The molecular weight excluding hydrogens is 364 g/mol. The van der Waals surface area contributed by atoms with E-state index in [4.69, 9.17) is 4.74 Å². The van der Waals surface area contributed by atoms with Gasteiger partial charge < -0.3 is 9.64 Å². The van der Waals surface area contributed by atoms with Gasteiger partial charge in [-0.3, -0.25) is 4.79 Å². The van der Waals surface area contributed by atoms with Crippen LogP contribution in [0.3, 0.4) is 0 Å². The van der Waals surface area contributed by atoms with Crippen LogP contribution in [0.2, 0.25) is 0 Å². The summed E-state index contributed by atoms with van der Waals surface area (Å²) in [4.78, 5) is 19.6. The number of carbonyl (C=O) groups is 1. The Kier molecular flexibility index (Phi) is 3.50. The average Bonchev–Trinajstić information content (AvgIpc) is 3.13. The van der Waals surface area contributed by atoms with Crippen LogP contribution in [0.5, 0.6) is 0 Å². The maximum atomic E-state index is 13.5. The summed E-state index contributed by atoms with van der Waals surface area (Å²) in [5.41, 5.74) is 3.87. The molecule has 3 aromatic rings. The number of rotatable bonds is 3. The minimum atomic E-state index is -0.370. The highest BCUT2D eigenvalue weighted by Crippen LogP contribution is 2.52. The fourth-order valence-electron chi connectivity index (χ4n) is 5.01. The van der Waals surface area contributed by atoms with E-state index in [-0.39, 0.29) is 16.9 Å². The zero-order chi connectivity index (χ0) is 19.5. The standard InChI is InChI=1S/C23H22N4O2/c28-21(26-12-11-23(14-26)20-4-2-1-3-17(20)13-29-23)22(9-10-22)18-5-7-19(8-6-18)27-16-24-15-25-27/h1-8,15-16H,9-14H2. The highest BCUT2D eigenvalue weighted by Gasteiger charge is 2.56. The number of carbonyl (C=O) groups excluding carboxylic acids is 1. The fraction of sp³-hybridized carbons (Fsp3) is 0.348. The number of nitrogens with zero attached hydrogens (tertiary/aromatic N) is 4. The van der Waals surface area contributed by atoms with Crippen LogP contribution in [0.1, 0.15) is 36.0 Å². The zero-order valence-electron chi connectivity index (χ0n) is 16.1. The van der Waals surface area contributed by atoms with Crippen LogP contribution in [-0.4, -0.2) is 38.7 Å². The van der Waals surface area contributed by atoms with Gasteiger partial charge in [0, 0.05) is 6.54 Å². The molecule has 146 valence electrons. The lowest BCUT2D eigenvalue weighted by molar-refractivity contribution is -0.134. The Bertz CT molecular complexity index is 1070. The minimum Gasteiger partial charge on any atom is -0.364 e. The van der Waals surface area contributed by atoms with E-state index >= 15 is 0 Å². The molecule has 1 atom stereocenters. The Morgan fingerprint density at radius 2 is 1.86 bits per heavy atom. The van der Waals surface area contributed by atoms with E-state index in [1.54, 1.807) is 11.0 Å². The number of hydrogen-bond acceptors (Lipinski definition) is 4. The maximum Gasteiger partial charge on any atom is 0.233 e. The maximum absolute atomic E-state index is 13.5. The van der Waals surface area contributed by atoms with E-state index < -0.39 is 0 Å². The number of fused-ring (bicyclic) bond motifs is 2. The summed E-state index contributed by atoms with van der Waals surface area (Å²) >= 11 is 0. The second-order valence-electron chi connectivity index (χ2n) is 8.39. The van der Waals surface area contributed by atoms with Crippen molar-refractivity contribution in [2.24, 2.45) is 0 Å². The predicted molar refractivity (Wildman–Crippen MR) is 106 cm³/mol. The van der Waals surface area contributed by atoms with E-state index in [1.807, 2.05) is 17.0 Å². The molecule has 1 amide bonds. The van der Waals surface area contributed by atoms with Crippen LogP contribution in [0, 0.1) is 0 Å². The van der Waals surface area contributed by atoms with Crippen LogP contribution < -0.4 is 0 Å².